The number of benzene rings is 1. The molecule has 0 aromatic heterocycles. The van der Waals surface area contributed by atoms with Crippen LogP contribution in [0.4, 0.5) is 4.39 Å². The third-order valence-electron chi connectivity index (χ3n) is 1.63. The van der Waals surface area contributed by atoms with E-state index in [1.54, 1.807) is 0 Å². The molecule has 13 heavy (non-hydrogen) atoms. The van der Waals surface area contributed by atoms with E-state index in [0.29, 0.717) is 0 Å². The van der Waals surface area contributed by atoms with Crippen LogP contribution in [0.25, 0.3) is 0 Å². The first-order chi connectivity index (χ1) is 6.11. The number of hydrogen-bond acceptors (Lipinski definition) is 3. The summed E-state index contributed by atoms with van der Waals surface area (Å²) >= 11 is 5.48. The maximum absolute atomic E-state index is 13.0. The maximum atomic E-state index is 13.0. The van der Waals surface area contributed by atoms with Crippen molar-refractivity contribution in [3.05, 3.63) is 22.5 Å². The molecule has 0 atom stereocenters. The lowest BCUT2D eigenvalue weighted by molar-refractivity contribution is 0.271. The highest BCUT2D eigenvalue weighted by Crippen LogP contribution is 2.36. The number of methoxy groups -OCH3 is 1. The van der Waals surface area contributed by atoms with Crippen LogP contribution in [-0.2, 0) is 6.61 Å². The number of aliphatic hydroxyl groups is 1. The van der Waals surface area contributed by atoms with E-state index in [2.05, 4.69) is 4.74 Å². The molecule has 1 aromatic rings. The van der Waals surface area contributed by atoms with Gasteiger partial charge in [0.2, 0.25) is 0 Å². The quantitative estimate of drug-likeness (QED) is 0.774. The van der Waals surface area contributed by atoms with Crippen LogP contribution in [0.15, 0.2) is 6.07 Å². The summed E-state index contributed by atoms with van der Waals surface area (Å²) in [7, 11) is 1.28. The van der Waals surface area contributed by atoms with Crippen molar-refractivity contribution in [1.29, 1.82) is 0 Å². The van der Waals surface area contributed by atoms with Crippen molar-refractivity contribution >= 4 is 11.6 Å². The number of phenols is 1. The van der Waals surface area contributed by atoms with Gasteiger partial charge in [0.05, 0.1) is 18.7 Å². The smallest absolute Gasteiger partial charge is 0.164 e. The van der Waals surface area contributed by atoms with Crippen LogP contribution in [0.3, 0.4) is 0 Å². The number of ether oxygens (including phenoxy) is 1. The van der Waals surface area contributed by atoms with Crippen molar-refractivity contribution in [1.82, 2.24) is 0 Å². The molecule has 0 amide bonds. The Morgan fingerprint density at radius 2 is 2.23 bits per heavy atom. The highest BCUT2D eigenvalue weighted by molar-refractivity contribution is 6.31. The third kappa shape index (κ3) is 1.68. The van der Waals surface area contributed by atoms with Gasteiger partial charge >= 0.3 is 0 Å². The second-order valence-corrected chi connectivity index (χ2v) is 2.74. The maximum Gasteiger partial charge on any atom is 0.164 e. The van der Waals surface area contributed by atoms with Crippen LogP contribution in [-0.4, -0.2) is 17.3 Å². The summed E-state index contributed by atoms with van der Waals surface area (Å²) in [5, 5.41) is 17.8. The monoisotopic (exact) mass is 206 g/mol. The third-order valence-corrected chi connectivity index (χ3v) is 2.04. The lowest BCUT2D eigenvalue weighted by Gasteiger charge is -2.09. The molecule has 1 rings (SSSR count). The number of hydrogen-bond donors (Lipinski definition) is 2. The van der Waals surface area contributed by atoms with Crippen LogP contribution in [0.5, 0.6) is 11.5 Å². The summed E-state index contributed by atoms with van der Waals surface area (Å²) in [5.74, 6) is -1.12. The van der Waals surface area contributed by atoms with E-state index in [0.717, 1.165) is 6.07 Å². The second-order valence-electron chi connectivity index (χ2n) is 2.36. The molecule has 1 aromatic carbocycles. The van der Waals surface area contributed by atoms with E-state index in [1.165, 1.54) is 7.11 Å². The van der Waals surface area contributed by atoms with E-state index < -0.39 is 12.4 Å². The first-order valence-electron chi connectivity index (χ1n) is 3.46. The van der Waals surface area contributed by atoms with Gasteiger partial charge in [0, 0.05) is 11.6 Å². The average molecular weight is 207 g/mol. The lowest BCUT2D eigenvalue weighted by Crippen LogP contribution is -1.94. The van der Waals surface area contributed by atoms with Gasteiger partial charge in [-0.05, 0) is 0 Å². The fourth-order valence-corrected chi connectivity index (χ4v) is 1.15. The first-order valence-corrected chi connectivity index (χ1v) is 3.84. The van der Waals surface area contributed by atoms with Crippen molar-refractivity contribution in [2.45, 2.75) is 6.61 Å². The van der Waals surface area contributed by atoms with Gasteiger partial charge in [-0.25, -0.2) is 4.39 Å². The van der Waals surface area contributed by atoms with Crippen LogP contribution in [0.1, 0.15) is 5.56 Å². The Kier molecular flexibility index (Phi) is 2.95. The highest BCUT2D eigenvalue weighted by atomic mass is 35.5. The average Bonchev–Trinajstić information content (AvgIpc) is 2.12. The van der Waals surface area contributed by atoms with Crippen molar-refractivity contribution in [2.75, 3.05) is 7.11 Å². The van der Waals surface area contributed by atoms with Crippen LogP contribution in [0, 0.1) is 5.82 Å². The zero-order chi connectivity index (χ0) is 10.0. The number of aliphatic hydroxyl groups excluding tert-OH is 1. The van der Waals surface area contributed by atoms with Gasteiger partial charge in [0.1, 0.15) is 5.82 Å². The second kappa shape index (κ2) is 3.81. The van der Waals surface area contributed by atoms with Crippen molar-refractivity contribution < 1.29 is 19.3 Å². The normalized spacial score (nSPS) is 10.2. The van der Waals surface area contributed by atoms with Crippen molar-refractivity contribution in [2.24, 2.45) is 0 Å². The molecule has 0 unspecified atom stereocenters. The lowest BCUT2D eigenvalue weighted by atomic mass is 10.2. The molecule has 0 saturated heterocycles. The number of halogens is 2. The molecule has 0 spiro atoms. The molecule has 0 aliphatic rings. The summed E-state index contributed by atoms with van der Waals surface area (Å²) in [6.45, 7) is -0.543. The van der Waals surface area contributed by atoms with E-state index in [4.69, 9.17) is 16.7 Å². The zero-order valence-corrected chi connectivity index (χ0v) is 7.60. The van der Waals surface area contributed by atoms with Gasteiger partial charge < -0.3 is 14.9 Å². The van der Waals surface area contributed by atoms with Crippen molar-refractivity contribution in [3.63, 3.8) is 0 Å². The van der Waals surface area contributed by atoms with Crippen LogP contribution >= 0.6 is 11.6 Å². The highest BCUT2D eigenvalue weighted by Gasteiger charge is 2.15. The van der Waals surface area contributed by atoms with E-state index >= 15 is 0 Å². The molecule has 0 bridgehead atoms. The molecule has 2 N–H and O–H groups in total. The molecule has 0 heterocycles. The number of rotatable bonds is 2. The molecule has 0 aliphatic carbocycles. The molecule has 0 saturated carbocycles. The Morgan fingerprint density at radius 3 is 2.69 bits per heavy atom. The summed E-state index contributed by atoms with van der Waals surface area (Å²) in [6.07, 6.45) is 0. The van der Waals surface area contributed by atoms with Gasteiger partial charge in [0.15, 0.2) is 11.5 Å². The Bertz CT molecular complexity index is 328. The van der Waals surface area contributed by atoms with E-state index in [9.17, 15) is 9.50 Å². The molecule has 5 heteroatoms. The first kappa shape index (κ1) is 10.1. The zero-order valence-electron chi connectivity index (χ0n) is 6.84. The molecule has 0 radical (unpaired) electrons. The fourth-order valence-electron chi connectivity index (χ4n) is 0.944. The largest absolute Gasteiger partial charge is 0.504 e. The predicted molar refractivity (Wildman–Crippen MR) is 45.5 cm³/mol. The minimum Gasteiger partial charge on any atom is -0.504 e. The summed E-state index contributed by atoms with van der Waals surface area (Å²) in [4.78, 5) is 0. The predicted octanol–water partition coefficient (Wildman–Crippen LogP) is 1.69. The molecular weight excluding hydrogens is 199 g/mol. The van der Waals surface area contributed by atoms with Gasteiger partial charge in [-0.15, -0.1) is 0 Å². The van der Waals surface area contributed by atoms with Gasteiger partial charge in [-0.3, -0.25) is 0 Å². The number of aromatic hydroxyl groups is 1. The van der Waals surface area contributed by atoms with Gasteiger partial charge in [0.25, 0.3) is 0 Å². The molecular formula is C8H8ClFO3. The minimum absolute atomic E-state index is 0.0500. The Balaban J connectivity index is 3.39. The standard InChI is InChI=1S/C8H8ClFO3/c1-13-6-2-5(10)7(9)4(3-11)8(6)12/h2,11-12H,3H2,1H3. The SMILES string of the molecule is COc1cc(F)c(Cl)c(CO)c1O. The van der Waals surface area contributed by atoms with E-state index in [-0.39, 0.29) is 22.1 Å². The Hall–Kier alpha value is -1.00. The minimum atomic E-state index is -0.736. The Labute approximate surface area is 79.3 Å². The van der Waals surface area contributed by atoms with Crippen molar-refractivity contribution in [3.8, 4) is 11.5 Å². The van der Waals surface area contributed by atoms with Crippen LogP contribution in [0.2, 0.25) is 5.02 Å². The Morgan fingerprint density at radius 1 is 1.62 bits per heavy atom. The summed E-state index contributed by atoms with van der Waals surface area (Å²) in [5.41, 5.74) is -0.0708. The summed E-state index contributed by atoms with van der Waals surface area (Å²) in [6, 6.07) is 0.955. The van der Waals surface area contributed by atoms with Crippen LogP contribution < -0.4 is 4.74 Å². The molecule has 0 fully saturated rings. The van der Waals surface area contributed by atoms with E-state index in [1.807, 2.05) is 0 Å². The summed E-state index contributed by atoms with van der Waals surface area (Å²) < 4.78 is 17.6. The van der Waals surface area contributed by atoms with Gasteiger partial charge in [-0.1, -0.05) is 11.6 Å². The topological polar surface area (TPSA) is 49.7 Å². The molecule has 72 valence electrons. The molecule has 3 nitrogen and oxygen atoms in total. The molecule has 0 aliphatic heterocycles. The van der Waals surface area contributed by atoms with Gasteiger partial charge in [-0.2, -0.15) is 0 Å². The fraction of sp³-hybridized carbons (Fsp3) is 0.250.